The van der Waals surface area contributed by atoms with Crippen LogP contribution in [0.1, 0.15) is 45.7 Å². The molecule has 3 aromatic carbocycles. The van der Waals surface area contributed by atoms with E-state index in [-0.39, 0.29) is 16.5 Å². The Morgan fingerprint density at radius 1 is 0.625 bits per heavy atom. The number of carbonyl (C=O) groups excluding carboxylic acids is 2. The van der Waals surface area contributed by atoms with Crippen LogP contribution in [-0.2, 0) is 14.9 Å². The van der Waals surface area contributed by atoms with E-state index in [0.717, 1.165) is 16.9 Å². The largest absolute Gasteiger partial charge is 0.497 e. The van der Waals surface area contributed by atoms with Gasteiger partial charge in [-0.15, -0.1) is 0 Å². The molecule has 0 aliphatic heterocycles. The van der Waals surface area contributed by atoms with Gasteiger partial charge in [0.05, 0.1) is 32.5 Å². The van der Waals surface area contributed by atoms with Crippen molar-refractivity contribution >= 4 is 11.9 Å². The van der Waals surface area contributed by atoms with Crippen LogP contribution in [-0.4, -0.2) is 33.3 Å². The summed E-state index contributed by atoms with van der Waals surface area (Å²) >= 11 is 0. The van der Waals surface area contributed by atoms with Gasteiger partial charge in [0.25, 0.3) is 0 Å². The molecule has 0 unspecified atom stereocenters. The maximum atomic E-state index is 12.1. The molecule has 32 heavy (non-hydrogen) atoms. The minimum atomic E-state index is -0.646. The molecule has 0 aromatic heterocycles. The molecule has 0 fully saturated rings. The molecule has 0 saturated carbocycles. The van der Waals surface area contributed by atoms with Crippen molar-refractivity contribution in [2.75, 3.05) is 21.3 Å². The van der Waals surface area contributed by atoms with E-state index in [1.54, 1.807) is 13.2 Å². The molecule has 0 radical (unpaired) electrons. The number of rotatable bonds is 7. The first-order chi connectivity index (χ1) is 15.3. The molecule has 0 amide bonds. The van der Waals surface area contributed by atoms with Gasteiger partial charge >= 0.3 is 11.9 Å². The molecule has 6 nitrogen and oxygen atoms in total. The molecule has 0 atom stereocenters. The normalized spacial score (nSPS) is 10.9. The number of ether oxygens (including phenoxy) is 4. The average molecular weight is 434 g/mol. The number of esters is 2. The number of hydrogen-bond donors (Lipinski definition) is 0. The third-order valence-corrected chi connectivity index (χ3v) is 5.43. The van der Waals surface area contributed by atoms with Crippen LogP contribution in [0.3, 0.4) is 0 Å². The predicted molar refractivity (Wildman–Crippen MR) is 121 cm³/mol. The fourth-order valence-corrected chi connectivity index (χ4v) is 3.40. The van der Waals surface area contributed by atoms with Crippen molar-refractivity contribution in [2.45, 2.75) is 19.3 Å². The van der Waals surface area contributed by atoms with Crippen molar-refractivity contribution in [3.05, 3.63) is 89.0 Å². The van der Waals surface area contributed by atoms with Crippen molar-refractivity contribution in [3.8, 4) is 17.2 Å². The molecule has 0 bridgehead atoms. The topological polar surface area (TPSA) is 71.1 Å². The van der Waals surface area contributed by atoms with E-state index in [0.29, 0.717) is 11.5 Å². The minimum Gasteiger partial charge on any atom is -0.497 e. The summed E-state index contributed by atoms with van der Waals surface area (Å²) in [7, 11) is 4.15. The summed E-state index contributed by atoms with van der Waals surface area (Å²) in [5.74, 6) is 0.550. The zero-order valence-corrected chi connectivity index (χ0v) is 18.8. The summed E-state index contributed by atoms with van der Waals surface area (Å²) in [6.07, 6.45) is 0. The van der Waals surface area contributed by atoms with Gasteiger partial charge in [-0.05, 0) is 53.6 Å². The van der Waals surface area contributed by atoms with Crippen LogP contribution in [0.25, 0.3) is 0 Å². The van der Waals surface area contributed by atoms with Gasteiger partial charge in [0.1, 0.15) is 17.2 Å². The van der Waals surface area contributed by atoms with Gasteiger partial charge < -0.3 is 18.9 Å². The van der Waals surface area contributed by atoms with Crippen LogP contribution in [0.2, 0.25) is 0 Å². The highest BCUT2D eigenvalue weighted by molar-refractivity contribution is 6.03. The summed E-state index contributed by atoms with van der Waals surface area (Å²) < 4.78 is 20.7. The van der Waals surface area contributed by atoms with E-state index >= 15 is 0 Å². The standard InChI is InChI=1S/C26H26O6/c1-26(2,17-6-10-19(29-3)11-7-17)18-8-12-20(13-9-18)32-21-14-15-22(24(27)30-4)23(16-21)25(28)31-5/h6-16H,1-5H3. The summed E-state index contributed by atoms with van der Waals surface area (Å²) in [4.78, 5) is 24.0. The number of benzene rings is 3. The number of hydrogen-bond acceptors (Lipinski definition) is 6. The van der Waals surface area contributed by atoms with Crippen LogP contribution in [0.5, 0.6) is 17.2 Å². The third-order valence-electron chi connectivity index (χ3n) is 5.43. The highest BCUT2D eigenvalue weighted by Crippen LogP contribution is 2.34. The molecular weight excluding hydrogens is 408 g/mol. The SMILES string of the molecule is COC(=O)c1ccc(Oc2ccc(C(C)(C)c3ccc(OC)cc3)cc2)cc1C(=O)OC. The van der Waals surface area contributed by atoms with Gasteiger partial charge in [-0.2, -0.15) is 0 Å². The molecule has 3 rings (SSSR count). The lowest BCUT2D eigenvalue weighted by atomic mass is 9.78. The van der Waals surface area contributed by atoms with Crippen LogP contribution >= 0.6 is 0 Å². The molecule has 6 heteroatoms. The van der Waals surface area contributed by atoms with Crippen molar-refractivity contribution < 1.29 is 28.5 Å². The Labute approximate surface area is 187 Å². The van der Waals surface area contributed by atoms with Crippen LogP contribution in [0.4, 0.5) is 0 Å². The molecular formula is C26H26O6. The van der Waals surface area contributed by atoms with Crippen LogP contribution in [0, 0.1) is 0 Å². The first-order valence-electron chi connectivity index (χ1n) is 10.0. The highest BCUT2D eigenvalue weighted by atomic mass is 16.5. The van der Waals surface area contributed by atoms with Gasteiger partial charge in [-0.25, -0.2) is 9.59 Å². The van der Waals surface area contributed by atoms with E-state index < -0.39 is 11.9 Å². The average Bonchev–Trinajstić information content (AvgIpc) is 2.83. The second-order valence-electron chi connectivity index (χ2n) is 7.67. The fourth-order valence-electron chi connectivity index (χ4n) is 3.40. The molecule has 0 spiro atoms. The van der Waals surface area contributed by atoms with E-state index in [4.69, 9.17) is 18.9 Å². The van der Waals surface area contributed by atoms with E-state index in [2.05, 4.69) is 26.0 Å². The Kier molecular flexibility index (Phi) is 6.83. The lowest BCUT2D eigenvalue weighted by molar-refractivity contribution is 0.0555. The Bertz CT molecular complexity index is 1100. The van der Waals surface area contributed by atoms with Crippen molar-refractivity contribution in [1.29, 1.82) is 0 Å². The summed E-state index contributed by atoms with van der Waals surface area (Å²) in [5, 5.41) is 0. The third kappa shape index (κ3) is 4.75. The van der Waals surface area contributed by atoms with Crippen LogP contribution in [0.15, 0.2) is 66.7 Å². The van der Waals surface area contributed by atoms with Crippen LogP contribution < -0.4 is 9.47 Å². The molecule has 0 heterocycles. The monoisotopic (exact) mass is 434 g/mol. The second kappa shape index (κ2) is 9.56. The van der Waals surface area contributed by atoms with E-state index in [1.165, 1.54) is 26.4 Å². The summed E-state index contributed by atoms with van der Waals surface area (Å²) in [6.45, 7) is 4.30. The van der Waals surface area contributed by atoms with Crippen molar-refractivity contribution in [1.82, 2.24) is 0 Å². The fraction of sp³-hybridized carbons (Fsp3) is 0.231. The smallest absolute Gasteiger partial charge is 0.338 e. The zero-order valence-electron chi connectivity index (χ0n) is 18.8. The quantitative estimate of drug-likeness (QED) is 0.465. The highest BCUT2D eigenvalue weighted by Gasteiger charge is 2.23. The van der Waals surface area contributed by atoms with E-state index in [1.807, 2.05) is 36.4 Å². The van der Waals surface area contributed by atoms with Crippen molar-refractivity contribution in [2.24, 2.45) is 0 Å². The Hall–Kier alpha value is -3.80. The summed E-state index contributed by atoms with van der Waals surface area (Å²) in [6, 6.07) is 20.3. The Morgan fingerprint density at radius 3 is 1.59 bits per heavy atom. The number of methoxy groups -OCH3 is 3. The molecule has 0 saturated heterocycles. The first kappa shape index (κ1) is 22.9. The molecule has 0 aliphatic carbocycles. The summed E-state index contributed by atoms with van der Waals surface area (Å²) in [5.41, 5.74) is 2.25. The Balaban J connectivity index is 1.83. The lowest BCUT2D eigenvalue weighted by Gasteiger charge is -2.26. The maximum Gasteiger partial charge on any atom is 0.338 e. The molecule has 0 aliphatic rings. The van der Waals surface area contributed by atoms with Gasteiger partial charge in [0.15, 0.2) is 0 Å². The van der Waals surface area contributed by atoms with Gasteiger partial charge in [0.2, 0.25) is 0 Å². The Morgan fingerprint density at radius 2 is 1.09 bits per heavy atom. The van der Waals surface area contributed by atoms with Gasteiger partial charge in [-0.1, -0.05) is 38.1 Å². The van der Waals surface area contributed by atoms with Crippen molar-refractivity contribution in [3.63, 3.8) is 0 Å². The predicted octanol–water partition coefficient (Wildman–Crippen LogP) is 5.39. The second-order valence-corrected chi connectivity index (χ2v) is 7.67. The van der Waals surface area contributed by atoms with E-state index in [9.17, 15) is 9.59 Å². The number of carbonyl (C=O) groups is 2. The van der Waals surface area contributed by atoms with Gasteiger partial charge in [0, 0.05) is 5.41 Å². The first-order valence-corrected chi connectivity index (χ1v) is 10.0. The van der Waals surface area contributed by atoms with Gasteiger partial charge in [-0.3, -0.25) is 0 Å². The lowest BCUT2D eigenvalue weighted by Crippen LogP contribution is -2.18. The molecule has 0 N–H and O–H groups in total. The maximum absolute atomic E-state index is 12.1. The molecule has 3 aromatic rings. The molecule has 166 valence electrons. The zero-order chi connectivity index (χ0) is 23.3. The minimum absolute atomic E-state index is 0.0779.